The van der Waals surface area contributed by atoms with E-state index in [0.717, 1.165) is 5.56 Å². The first-order valence-electron chi connectivity index (χ1n) is 7.09. The third-order valence-corrected chi connectivity index (χ3v) is 3.72. The molecule has 0 aliphatic heterocycles. The molecule has 2 aromatic rings. The van der Waals surface area contributed by atoms with E-state index in [2.05, 4.69) is 5.32 Å². The molecule has 0 aliphatic rings. The van der Waals surface area contributed by atoms with Crippen molar-refractivity contribution in [3.63, 3.8) is 0 Å². The van der Waals surface area contributed by atoms with E-state index in [9.17, 15) is 14.7 Å². The van der Waals surface area contributed by atoms with Crippen molar-refractivity contribution in [2.45, 2.75) is 12.5 Å². The lowest BCUT2D eigenvalue weighted by Crippen LogP contribution is -2.44. The summed E-state index contributed by atoms with van der Waals surface area (Å²) in [7, 11) is 0. The van der Waals surface area contributed by atoms with Crippen LogP contribution in [0.5, 0.6) is 5.75 Å². The minimum atomic E-state index is -1.12. The molecule has 2 rings (SSSR count). The summed E-state index contributed by atoms with van der Waals surface area (Å²) in [4.78, 5) is 23.3. The van der Waals surface area contributed by atoms with Crippen molar-refractivity contribution in [1.82, 2.24) is 5.32 Å². The number of halogens is 2. The van der Waals surface area contributed by atoms with Crippen LogP contribution >= 0.6 is 23.2 Å². The maximum Gasteiger partial charge on any atom is 0.326 e. The molecule has 0 fully saturated rings. The summed E-state index contributed by atoms with van der Waals surface area (Å²) in [5.41, 5.74) is 0.809. The Bertz CT molecular complexity index is 722. The van der Waals surface area contributed by atoms with Crippen molar-refractivity contribution in [2.24, 2.45) is 0 Å². The average Bonchev–Trinajstić information content (AvgIpc) is 2.56. The molecule has 0 saturated carbocycles. The molecule has 0 spiro atoms. The first kappa shape index (κ1) is 18.1. The molecule has 24 heavy (non-hydrogen) atoms. The fourth-order valence-corrected chi connectivity index (χ4v) is 2.35. The Hall–Kier alpha value is -2.24. The summed E-state index contributed by atoms with van der Waals surface area (Å²) < 4.78 is 5.29. The number of hydrogen-bond acceptors (Lipinski definition) is 3. The fraction of sp³-hybridized carbons (Fsp3) is 0.176. The molecule has 1 atom stereocenters. The zero-order valence-electron chi connectivity index (χ0n) is 12.5. The second-order valence-electron chi connectivity index (χ2n) is 5.01. The van der Waals surface area contributed by atoms with E-state index in [4.69, 9.17) is 27.9 Å². The Morgan fingerprint density at radius 3 is 2.50 bits per heavy atom. The van der Waals surface area contributed by atoms with Crippen molar-refractivity contribution in [3.8, 4) is 5.75 Å². The predicted molar refractivity (Wildman–Crippen MR) is 91.7 cm³/mol. The number of carboxylic acids is 1. The Morgan fingerprint density at radius 2 is 1.83 bits per heavy atom. The van der Waals surface area contributed by atoms with Gasteiger partial charge in [0.15, 0.2) is 6.61 Å². The van der Waals surface area contributed by atoms with E-state index in [0.29, 0.717) is 10.0 Å². The molecule has 0 aliphatic carbocycles. The first-order valence-corrected chi connectivity index (χ1v) is 7.85. The number of hydrogen-bond donors (Lipinski definition) is 2. The van der Waals surface area contributed by atoms with Gasteiger partial charge in [0.1, 0.15) is 11.8 Å². The third kappa shape index (κ3) is 5.44. The lowest BCUT2D eigenvalue weighted by Gasteiger charge is -2.15. The van der Waals surface area contributed by atoms with Crippen LogP contribution in [0.15, 0.2) is 48.5 Å². The molecule has 0 bridgehead atoms. The van der Waals surface area contributed by atoms with E-state index >= 15 is 0 Å². The molecular formula is C17H15Cl2NO4. The highest BCUT2D eigenvalue weighted by Crippen LogP contribution is 2.27. The number of ether oxygens (including phenoxy) is 1. The molecule has 7 heteroatoms. The molecule has 0 aromatic heterocycles. The fourth-order valence-electron chi connectivity index (χ4n) is 2.02. The van der Waals surface area contributed by atoms with E-state index in [1.54, 1.807) is 36.4 Å². The number of carbonyl (C=O) groups excluding carboxylic acids is 1. The number of carbonyl (C=O) groups is 2. The van der Waals surface area contributed by atoms with Crippen LogP contribution in [0.4, 0.5) is 0 Å². The number of carboxylic acid groups (broad SMARTS) is 1. The highest BCUT2D eigenvalue weighted by molar-refractivity contribution is 6.34. The second-order valence-corrected chi connectivity index (χ2v) is 5.86. The average molecular weight is 368 g/mol. The zero-order chi connectivity index (χ0) is 17.5. The smallest absolute Gasteiger partial charge is 0.326 e. The maximum absolute atomic E-state index is 11.9. The Kier molecular flexibility index (Phi) is 6.46. The van der Waals surface area contributed by atoms with Crippen LogP contribution in [0, 0.1) is 0 Å². The molecule has 0 radical (unpaired) electrons. The van der Waals surface area contributed by atoms with Gasteiger partial charge in [-0.2, -0.15) is 0 Å². The Balaban J connectivity index is 1.93. The molecular weight excluding hydrogens is 353 g/mol. The summed E-state index contributed by atoms with van der Waals surface area (Å²) in [6.07, 6.45) is 0.180. The minimum absolute atomic E-state index is 0.180. The SMILES string of the molecule is O=C(COc1cc(Cl)ccc1Cl)NC(Cc1ccccc1)C(=O)O. The first-order chi connectivity index (χ1) is 11.5. The van der Waals surface area contributed by atoms with Gasteiger partial charge in [0.05, 0.1) is 5.02 Å². The number of benzene rings is 2. The van der Waals surface area contributed by atoms with Crippen LogP contribution in [-0.4, -0.2) is 29.6 Å². The summed E-state index contributed by atoms with van der Waals surface area (Å²) >= 11 is 11.8. The van der Waals surface area contributed by atoms with Gasteiger partial charge in [-0.15, -0.1) is 0 Å². The summed E-state index contributed by atoms with van der Waals surface area (Å²) in [6.45, 7) is -0.362. The summed E-state index contributed by atoms with van der Waals surface area (Å²) in [5.74, 6) is -1.42. The van der Waals surface area contributed by atoms with Gasteiger partial charge in [-0.25, -0.2) is 4.79 Å². The van der Waals surface area contributed by atoms with E-state index in [1.807, 2.05) is 6.07 Å². The predicted octanol–water partition coefficient (Wildman–Crippen LogP) is 3.18. The molecule has 5 nitrogen and oxygen atoms in total. The van der Waals surface area contributed by atoms with E-state index in [1.165, 1.54) is 6.07 Å². The standard InChI is InChI=1S/C17H15Cl2NO4/c18-12-6-7-13(19)15(9-12)24-10-16(21)20-14(17(22)23)8-11-4-2-1-3-5-11/h1-7,9,14H,8,10H2,(H,20,21)(H,22,23). The number of aliphatic carboxylic acids is 1. The lowest BCUT2D eigenvalue weighted by atomic mass is 10.1. The molecule has 1 amide bonds. The van der Waals surface area contributed by atoms with E-state index in [-0.39, 0.29) is 18.8 Å². The highest BCUT2D eigenvalue weighted by Gasteiger charge is 2.20. The monoisotopic (exact) mass is 367 g/mol. The quantitative estimate of drug-likeness (QED) is 0.787. The van der Waals surface area contributed by atoms with Gasteiger partial charge in [-0.05, 0) is 17.7 Å². The van der Waals surface area contributed by atoms with Crippen molar-refractivity contribution < 1.29 is 19.4 Å². The zero-order valence-corrected chi connectivity index (χ0v) is 14.1. The molecule has 2 N–H and O–H groups in total. The van der Waals surface area contributed by atoms with Gasteiger partial charge in [0, 0.05) is 17.5 Å². The second kappa shape index (κ2) is 8.57. The Morgan fingerprint density at radius 1 is 1.12 bits per heavy atom. The van der Waals surface area contributed by atoms with Crippen molar-refractivity contribution in [3.05, 3.63) is 64.1 Å². The van der Waals surface area contributed by atoms with Crippen LogP contribution < -0.4 is 10.1 Å². The maximum atomic E-state index is 11.9. The largest absolute Gasteiger partial charge is 0.482 e. The van der Waals surface area contributed by atoms with Gasteiger partial charge in [-0.1, -0.05) is 53.5 Å². The van der Waals surface area contributed by atoms with Gasteiger partial charge >= 0.3 is 5.97 Å². The molecule has 0 heterocycles. The third-order valence-electron chi connectivity index (χ3n) is 3.17. The number of rotatable bonds is 7. The molecule has 1 unspecified atom stereocenters. The van der Waals surface area contributed by atoms with Gasteiger partial charge in [-0.3, -0.25) is 4.79 Å². The number of amides is 1. The van der Waals surface area contributed by atoms with Crippen molar-refractivity contribution >= 4 is 35.1 Å². The summed E-state index contributed by atoms with van der Waals surface area (Å²) in [6, 6.07) is 12.6. The van der Waals surface area contributed by atoms with Crippen LogP contribution in [0.2, 0.25) is 10.0 Å². The van der Waals surface area contributed by atoms with Gasteiger partial charge in [0.25, 0.3) is 5.91 Å². The van der Waals surface area contributed by atoms with Gasteiger partial charge in [0.2, 0.25) is 0 Å². The highest BCUT2D eigenvalue weighted by atomic mass is 35.5. The van der Waals surface area contributed by atoms with Crippen molar-refractivity contribution in [2.75, 3.05) is 6.61 Å². The van der Waals surface area contributed by atoms with E-state index < -0.39 is 17.9 Å². The number of nitrogens with one attached hydrogen (secondary N) is 1. The van der Waals surface area contributed by atoms with Crippen LogP contribution in [-0.2, 0) is 16.0 Å². The molecule has 126 valence electrons. The van der Waals surface area contributed by atoms with Crippen molar-refractivity contribution in [1.29, 1.82) is 0 Å². The topological polar surface area (TPSA) is 75.6 Å². The molecule has 0 saturated heterocycles. The molecule has 2 aromatic carbocycles. The lowest BCUT2D eigenvalue weighted by molar-refractivity contribution is -0.142. The summed E-state index contributed by atoms with van der Waals surface area (Å²) in [5, 5.41) is 12.4. The van der Waals surface area contributed by atoms with Gasteiger partial charge < -0.3 is 15.2 Å². The Labute approximate surface area is 149 Å². The van der Waals surface area contributed by atoms with Crippen LogP contribution in [0.3, 0.4) is 0 Å². The van der Waals surface area contributed by atoms with Crippen LogP contribution in [0.25, 0.3) is 0 Å². The minimum Gasteiger partial charge on any atom is -0.482 e. The normalized spacial score (nSPS) is 11.6. The van der Waals surface area contributed by atoms with Crippen LogP contribution in [0.1, 0.15) is 5.56 Å².